The number of imidazole rings is 1. The van der Waals surface area contributed by atoms with Gasteiger partial charge in [0.05, 0.1) is 5.69 Å². The minimum atomic E-state index is -0.0283. The molecular formula is C16H25N7O. The van der Waals surface area contributed by atoms with Gasteiger partial charge < -0.3 is 10.5 Å². The number of nitrogens with zero attached hydrogens (tertiary/aromatic N) is 5. The van der Waals surface area contributed by atoms with Gasteiger partial charge >= 0.3 is 0 Å². The summed E-state index contributed by atoms with van der Waals surface area (Å²) in [6, 6.07) is 1.79. The average molecular weight is 331 g/mol. The highest BCUT2D eigenvalue weighted by Gasteiger charge is 2.23. The van der Waals surface area contributed by atoms with Gasteiger partial charge in [-0.2, -0.15) is 0 Å². The van der Waals surface area contributed by atoms with Crippen molar-refractivity contribution in [2.24, 2.45) is 0 Å². The molecule has 0 radical (unpaired) electrons. The summed E-state index contributed by atoms with van der Waals surface area (Å²) < 4.78 is 7.97. The monoisotopic (exact) mass is 331 g/mol. The van der Waals surface area contributed by atoms with Crippen LogP contribution in [-0.4, -0.2) is 45.4 Å². The van der Waals surface area contributed by atoms with Crippen LogP contribution in [0.5, 0.6) is 0 Å². The Morgan fingerprint density at radius 2 is 2.21 bits per heavy atom. The number of anilines is 2. The van der Waals surface area contributed by atoms with Crippen molar-refractivity contribution in [1.82, 2.24) is 24.7 Å². The Hall–Kier alpha value is -2.32. The molecule has 8 heteroatoms. The first-order valence-electron chi connectivity index (χ1n) is 8.13. The number of nitrogens with two attached hydrogens (primary N) is 1. The van der Waals surface area contributed by atoms with Crippen molar-refractivity contribution in [3.8, 4) is 0 Å². The third-order valence-electron chi connectivity index (χ3n) is 4.31. The summed E-state index contributed by atoms with van der Waals surface area (Å²) >= 11 is 0. The number of aryl methyl sites for hydroxylation is 1. The third kappa shape index (κ3) is 3.02. The molecule has 1 unspecified atom stereocenters. The van der Waals surface area contributed by atoms with Crippen LogP contribution < -0.4 is 11.2 Å². The lowest BCUT2D eigenvalue weighted by atomic mass is 10.2. The Morgan fingerprint density at radius 3 is 2.88 bits per heavy atom. The van der Waals surface area contributed by atoms with Crippen LogP contribution in [0.4, 0.5) is 11.5 Å². The van der Waals surface area contributed by atoms with Gasteiger partial charge in [0.15, 0.2) is 5.65 Å². The second-order valence-electron chi connectivity index (χ2n) is 6.01. The second-order valence-corrected chi connectivity index (χ2v) is 6.01. The zero-order valence-corrected chi connectivity index (χ0v) is 14.5. The maximum Gasteiger partial charge on any atom is 0.166 e. The maximum atomic E-state index is 6.03. The van der Waals surface area contributed by atoms with Crippen LogP contribution in [0.1, 0.15) is 31.3 Å². The Balaban J connectivity index is 2.03. The summed E-state index contributed by atoms with van der Waals surface area (Å²) in [5.41, 5.74) is 11.6. The number of pyridine rings is 1. The highest BCUT2D eigenvalue weighted by atomic mass is 16.5. The lowest BCUT2D eigenvalue weighted by molar-refractivity contribution is -0.0308. The molecule has 0 saturated carbocycles. The van der Waals surface area contributed by atoms with E-state index in [1.54, 1.807) is 17.4 Å². The van der Waals surface area contributed by atoms with E-state index in [-0.39, 0.29) is 6.23 Å². The number of fused-ring (bicyclic) bond motifs is 1. The summed E-state index contributed by atoms with van der Waals surface area (Å²) in [4.78, 5) is 9.21. The lowest BCUT2D eigenvalue weighted by Crippen LogP contribution is -2.37. The number of hydrazine groups is 2. The Labute approximate surface area is 141 Å². The number of nitrogens with one attached hydrogen (secondary N) is 1. The molecule has 3 N–H and O–H groups in total. The Bertz CT molecular complexity index is 736. The Morgan fingerprint density at radius 1 is 1.42 bits per heavy atom. The van der Waals surface area contributed by atoms with E-state index in [0.717, 1.165) is 48.5 Å². The van der Waals surface area contributed by atoms with E-state index in [9.17, 15) is 0 Å². The number of hydrogen-bond donors (Lipinski definition) is 2. The van der Waals surface area contributed by atoms with Gasteiger partial charge in [-0.3, -0.25) is 15.0 Å². The van der Waals surface area contributed by atoms with Crippen molar-refractivity contribution in [3.63, 3.8) is 0 Å². The van der Waals surface area contributed by atoms with E-state index >= 15 is 0 Å². The molecule has 2 aromatic heterocycles. The molecule has 0 spiro atoms. The standard InChI is InChI=1S/C16H25N7O/c1-5-21(3)22(4)20-12-10-13(17)19-16-15(12)18-11(2)23(16)14-8-6-7-9-24-14/h5,10,14H,1,6-9H2,2-4H3,(H3,17,19,20). The van der Waals surface area contributed by atoms with E-state index in [2.05, 4.69) is 17.0 Å². The van der Waals surface area contributed by atoms with Crippen LogP contribution in [-0.2, 0) is 4.74 Å². The molecule has 1 saturated heterocycles. The summed E-state index contributed by atoms with van der Waals surface area (Å²) in [7, 11) is 3.78. The van der Waals surface area contributed by atoms with Crippen molar-refractivity contribution in [2.75, 3.05) is 31.9 Å². The molecule has 1 aliphatic heterocycles. The highest BCUT2D eigenvalue weighted by molar-refractivity contribution is 5.88. The molecular weight excluding hydrogens is 306 g/mol. The normalized spacial score (nSPS) is 18.1. The van der Waals surface area contributed by atoms with Crippen molar-refractivity contribution in [2.45, 2.75) is 32.4 Å². The SMILES string of the molecule is C=CN(C)N(C)Nc1cc(N)nc2c1nc(C)n2C1CCCCO1. The van der Waals surface area contributed by atoms with Gasteiger partial charge in [0.25, 0.3) is 0 Å². The van der Waals surface area contributed by atoms with Gasteiger partial charge in [-0.25, -0.2) is 9.97 Å². The van der Waals surface area contributed by atoms with Crippen LogP contribution in [0.25, 0.3) is 11.2 Å². The van der Waals surface area contributed by atoms with Gasteiger partial charge in [-0.05, 0) is 26.2 Å². The molecule has 0 amide bonds. The minimum Gasteiger partial charge on any atom is -0.384 e. The number of ether oxygens (including phenoxy) is 1. The molecule has 3 rings (SSSR count). The molecule has 0 aromatic carbocycles. The van der Waals surface area contributed by atoms with Crippen molar-refractivity contribution in [1.29, 1.82) is 0 Å². The molecule has 8 nitrogen and oxygen atoms in total. The van der Waals surface area contributed by atoms with Crippen molar-refractivity contribution >= 4 is 22.7 Å². The van der Waals surface area contributed by atoms with E-state index < -0.39 is 0 Å². The fraction of sp³-hybridized carbons (Fsp3) is 0.500. The van der Waals surface area contributed by atoms with Crippen molar-refractivity contribution < 1.29 is 4.74 Å². The molecule has 24 heavy (non-hydrogen) atoms. The largest absolute Gasteiger partial charge is 0.384 e. The molecule has 2 aromatic rings. The summed E-state index contributed by atoms with van der Waals surface area (Å²) in [5, 5.41) is 3.61. The van der Waals surface area contributed by atoms with Crippen LogP contribution >= 0.6 is 0 Å². The van der Waals surface area contributed by atoms with E-state index in [1.165, 1.54) is 0 Å². The van der Waals surface area contributed by atoms with Crippen molar-refractivity contribution in [3.05, 3.63) is 24.7 Å². The number of rotatable bonds is 5. The first-order valence-corrected chi connectivity index (χ1v) is 8.13. The van der Waals surface area contributed by atoms with E-state index in [4.69, 9.17) is 15.5 Å². The van der Waals surface area contributed by atoms with Gasteiger partial charge in [-0.15, -0.1) is 5.12 Å². The zero-order valence-electron chi connectivity index (χ0n) is 14.5. The Kier molecular flexibility index (Phi) is 4.59. The summed E-state index contributed by atoms with van der Waals surface area (Å²) in [6.45, 7) is 6.49. The molecule has 0 bridgehead atoms. The third-order valence-corrected chi connectivity index (χ3v) is 4.31. The maximum absolute atomic E-state index is 6.03. The number of nitrogen functional groups attached to an aromatic ring is 1. The number of aromatic nitrogens is 3. The predicted octanol–water partition coefficient (Wildman–Crippen LogP) is 2.27. The smallest absolute Gasteiger partial charge is 0.166 e. The molecule has 3 heterocycles. The van der Waals surface area contributed by atoms with E-state index in [1.807, 2.05) is 30.6 Å². The fourth-order valence-electron chi connectivity index (χ4n) is 2.92. The number of hydrogen-bond acceptors (Lipinski definition) is 7. The van der Waals surface area contributed by atoms with Crippen LogP contribution in [0.3, 0.4) is 0 Å². The molecule has 130 valence electrons. The zero-order chi connectivity index (χ0) is 17.3. The van der Waals surface area contributed by atoms with Crippen LogP contribution in [0, 0.1) is 6.92 Å². The summed E-state index contributed by atoms with van der Waals surface area (Å²) in [5.74, 6) is 1.31. The van der Waals surface area contributed by atoms with Gasteiger partial charge in [0.2, 0.25) is 0 Å². The van der Waals surface area contributed by atoms with Crippen LogP contribution in [0.15, 0.2) is 18.8 Å². The topological polar surface area (TPSA) is 84.5 Å². The molecule has 1 fully saturated rings. The van der Waals surface area contributed by atoms with Gasteiger partial charge in [0.1, 0.15) is 23.4 Å². The average Bonchev–Trinajstić information content (AvgIpc) is 2.90. The quantitative estimate of drug-likeness (QED) is 0.813. The molecule has 0 aliphatic carbocycles. The lowest BCUT2D eigenvalue weighted by Gasteiger charge is -2.28. The first-order chi connectivity index (χ1) is 11.5. The van der Waals surface area contributed by atoms with Gasteiger partial charge in [-0.1, -0.05) is 6.58 Å². The second kappa shape index (κ2) is 6.66. The first kappa shape index (κ1) is 16.5. The molecule has 1 atom stereocenters. The van der Waals surface area contributed by atoms with Gasteiger partial charge in [0, 0.05) is 33.0 Å². The predicted molar refractivity (Wildman–Crippen MR) is 94.9 cm³/mol. The summed E-state index contributed by atoms with van der Waals surface area (Å²) in [6.07, 6.45) is 4.88. The molecule has 1 aliphatic rings. The van der Waals surface area contributed by atoms with Crippen LogP contribution in [0.2, 0.25) is 0 Å². The van der Waals surface area contributed by atoms with E-state index in [0.29, 0.717) is 5.82 Å². The fourth-order valence-corrected chi connectivity index (χ4v) is 2.92. The highest BCUT2D eigenvalue weighted by Crippen LogP contribution is 2.31. The minimum absolute atomic E-state index is 0.0283.